The van der Waals surface area contributed by atoms with Crippen molar-refractivity contribution >= 4 is 5.97 Å². The molecule has 0 aromatic carbocycles. The molecule has 132 valence electrons. The standard InChI is InChI=1S/C14H17F6NO2/c1-4-6-9(5-2)8-21-10(12(22)23-3)7-11(13(15,16)17)14(18,19)20/h4-6,10-11,21H,1-2,7-8H2,3H3/b9-6+. The highest BCUT2D eigenvalue weighted by Crippen LogP contribution is 2.42. The molecular formula is C14H17F6NO2. The summed E-state index contributed by atoms with van der Waals surface area (Å²) in [5.74, 6) is -4.85. The van der Waals surface area contributed by atoms with Gasteiger partial charge in [0.15, 0.2) is 5.92 Å². The average molecular weight is 345 g/mol. The molecule has 3 nitrogen and oxygen atoms in total. The third-order valence-corrected chi connectivity index (χ3v) is 2.89. The summed E-state index contributed by atoms with van der Waals surface area (Å²) in [4.78, 5) is 11.5. The molecule has 0 radical (unpaired) electrons. The van der Waals surface area contributed by atoms with E-state index in [0.29, 0.717) is 5.57 Å². The topological polar surface area (TPSA) is 38.3 Å². The van der Waals surface area contributed by atoms with E-state index >= 15 is 0 Å². The van der Waals surface area contributed by atoms with Gasteiger partial charge in [-0.3, -0.25) is 4.79 Å². The van der Waals surface area contributed by atoms with Crippen LogP contribution in [0.25, 0.3) is 0 Å². The molecule has 0 aromatic rings. The minimum Gasteiger partial charge on any atom is -0.468 e. The molecule has 9 heteroatoms. The van der Waals surface area contributed by atoms with E-state index in [-0.39, 0.29) is 6.54 Å². The van der Waals surface area contributed by atoms with Gasteiger partial charge in [0.25, 0.3) is 0 Å². The minimum atomic E-state index is -5.52. The van der Waals surface area contributed by atoms with Crippen molar-refractivity contribution in [2.75, 3.05) is 13.7 Å². The minimum absolute atomic E-state index is 0.169. The molecule has 23 heavy (non-hydrogen) atoms. The van der Waals surface area contributed by atoms with Gasteiger partial charge in [-0.15, -0.1) is 0 Å². The molecule has 0 rings (SSSR count). The van der Waals surface area contributed by atoms with Crippen molar-refractivity contribution in [3.05, 3.63) is 37.0 Å². The monoisotopic (exact) mass is 345 g/mol. The number of ether oxygens (including phenoxy) is 1. The number of carbonyl (C=O) groups excluding carboxylic acids is 1. The zero-order valence-corrected chi connectivity index (χ0v) is 12.3. The maximum absolute atomic E-state index is 12.6. The summed E-state index contributed by atoms with van der Waals surface area (Å²) in [7, 11) is 0.876. The predicted octanol–water partition coefficient (Wildman–Crippen LogP) is 3.55. The van der Waals surface area contributed by atoms with Crippen LogP contribution in [-0.2, 0) is 9.53 Å². The lowest BCUT2D eigenvalue weighted by Gasteiger charge is -2.26. The summed E-state index contributed by atoms with van der Waals surface area (Å²) in [5.41, 5.74) is 0.435. The van der Waals surface area contributed by atoms with E-state index < -0.39 is 36.7 Å². The van der Waals surface area contributed by atoms with Gasteiger partial charge in [0, 0.05) is 6.54 Å². The normalized spacial score (nSPS) is 14.5. The number of nitrogens with one attached hydrogen (secondary N) is 1. The second kappa shape index (κ2) is 8.76. The van der Waals surface area contributed by atoms with Gasteiger partial charge >= 0.3 is 18.3 Å². The Bertz CT molecular complexity index is 439. The highest BCUT2D eigenvalue weighted by molar-refractivity contribution is 5.75. The Morgan fingerprint density at radius 3 is 2.04 bits per heavy atom. The molecule has 0 aliphatic carbocycles. The van der Waals surface area contributed by atoms with E-state index in [2.05, 4.69) is 23.2 Å². The van der Waals surface area contributed by atoms with E-state index in [9.17, 15) is 31.1 Å². The van der Waals surface area contributed by atoms with Crippen LogP contribution in [0.15, 0.2) is 37.0 Å². The maximum Gasteiger partial charge on any atom is 0.400 e. The molecule has 0 fully saturated rings. The van der Waals surface area contributed by atoms with Crippen LogP contribution in [0.5, 0.6) is 0 Å². The number of halogens is 6. The van der Waals surface area contributed by atoms with Crippen molar-refractivity contribution in [2.45, 2.75) is 24.8 Å². The second-order valence-corrected chi connectivity index (χ2v) is 4.51. The number of carbonyl (C=O) groups is 1. The summed E-state index contributed by atoms with van der Waals surface area (Å²) in [5, 5.41) is 2.32. The lowest BCUT2D eigenvalue weighted by atomic mass is 9.98. The second-order valence-electron chi connectivity index (χ2n) is 4.51. The van der Waals surface area contributed by atoms with Crippen LogP contribution in [0.4, 0.5) is 26.3 Å². The first-order valence-corrected chi connectivity index (χ1v) is 6.36. The zero-order chi connectivity index (χ0) is 18.3. The fraction of sp³-hybridized carbons (Fsp3) is 0.500. The van der Waals surface area contributed by atoms with Crippen molar-refractivity contribution in [3.63, 3.8) is 0 Å². The molecular weight excluding hydrogens is 328 g/mol. The van der Waals surface area contributed by atoms with Crippen molar-refractivity contribution in [3.8, 4) is 0 Å². The van der Waals surface area contributed by atoms with Crippen LogP contribution in [0.2, 0.25) is 0 Å². The number of rotatable bonds is 8. The molecule has 0 saturated carbocycles. The largest absolute Gasteiger partial charge is 0.468 e. The van der Waals surface area contributed by atoms with E-state index in [1.54, 1.807) is 0 Å². The molecule has 0 aromatic heterocycles. The summed E-state index contributed by atoms with van der Waals surface area (Å²) in [6.07, 6.45) is -8.43. The Labute approximate surface area is 129 Å². The first-order valence-electron chi connectivity index (χ1n) is 6.36. The summed E-state index contributed by atoms with van der Waals surface area (Å²) in [6.45, 7) is 6.66. The average Bonchev–Trinajstić information content (AvgIpc) is 2.42. The molecule has 0 aliphatic heterocycles. The fourth-order valence-electron chi connectivity index (χ4n) is 1.69. The first kappa shape index (κ1) is 21.2. The smallest absolute Gasteiger partial charge is 0.400 e. The van der Waals surface area contributed by atoms with Crippen LogP contribution in [0.3, 0.4) is 0 Å². The Morgan fingerprint density at radius 2 is 1.70 bits per heavy atom. The molecule has 1 atom stereocenters. The summed E-state index contributed by atoms with van der Waals surface area (Å²) < 4.78 is 79.8. The van der Waals surface area contributed by atoms with Crippen LogP contribution >= 0.6 is 0 Å². The lowest BCUT2D eigenvalue weighted by molar-refractivity contribution is -0.286. The quantitative estimate of drug-likeness (QED) is 0.415. The van der Waals surface area contributed by atoms with Gasteiger partial charge in [0.1, 0.15) is 6.04 Å². The molecule has 0 amide bonds. The molecule has 0 bridgehead atoms. The lowest BCUT2D eigenvalue weighted by Crippen LogP contribution is -2.46. The maximum atomic E-state index is 12.6. The molecule has 0 spiro atoms. The SMILES string of the molecule is C=C/C=C(\C=C)CNC(CC(C(F)(F)F)C(F)(F)F)C(=O)OC. The van der Waals surface area contributed by atoms with E-state index in [0.717, 1.165) is 7.11 Å². The Morgan fingerprint density at radius 1 is 1.17 bits per heavy atom. The van der Waals surface area contributed by atoms with E-state index in [1.807, 2.05) is 0 Å². The van der Waals surface area contributed by atoms with Crippen LogP contribution in [0, 0.1) is 5.92 Å². The van der Waals surface area contributed by atoms with Crippen molar-refractivity contribution in [1.82, 2.24) is 5.32 Å². The summed E-state index contributed by atoms with van der Waals surface area (Å²) in [6, 6.07) is -1.78. The molecule has 1 unspecified atom stereocenters. The number of hydrogen-bond acceptors (Lipinski definition) is 3. The molecule has 1 N–H and O–H groups in total. The predicted molar refractivity (Wildman–Crippen MR) is 72.5 cm³/mol. The molecule has 0 heterocycles. The van der Waals surface area contributed by atoms with Gasteiger partial charge < -0.3 is 10.1 Å². The number of allylic oxidation sites excluding steroid dienone is 2. The zero-order valence-electron chi connectivity index (χ0n) is 12.3. The third kappa shape index (κ3) is 7.36. The Hall–Kier alpha value is -1.77. The van der Waals surface area contributed by atoms with Crippen LogP contribution in [-0.4, -0.2) is 38.0 Å². The van der Waals surface area contributed by atoms with Crippen molar-refractivity contribution < 1.29 is 35.9 Å². The van der Waals surface area contributed by atoms with Crippen LogP contribution in [0.1, 0.15) is 6.42 Å². The van der Waals surface area contributed by atoms with Crippen molar-refractivity contribution in [1.29, 1.82) is 0 Å². The Kier molecular flexibility index (Phi) is 8.08. The van der Waals surface area contributed by atoms with E-state index in [4.69, 9.17) is 0 Å². The third-order valence-electron chi connectivity index (χ3n) is 2.89. The highest BCUT2D eigenvalue weighted by Gasteiger charge is 2.57. The van der Waals surface area contributed by atoms with Gasteiger partial charge in [0.05, 0.1) is 7.11 Å². The van der Waals surface area contributed by atoms with Crippen molar-refractivity contribution in [2.24, 2.45) is 5.92 Å². The van der Waals surface area contributed by atoms with Gasteiger partial charge in [-0.2, -0.15) is 26.3 Å². The summed E-state index contributed by atoms with van der Waals surface area (Å²) >= 11 is 0. The number of hydrogen-bond donors (Lipinski definition) is 1. The number of methoxy groups -OCH3 is 1. The Balaban J connectivity index is 5.25. The van der Waals surface area contributed by atoms with E-state index in [1.165, 1.54) is 18.2 Å². The van der Waals surface area contributed by atoms with Gasteiger partial charge in [-0.25, -0.2) is 0 Å². The fourth-order valence-corrected chi connectivity index (χ4v) is 1.69. The molecule has 0 aliphatic rings. The highest BCUT2D eigenvalue weighted by atomic mass is 19.4. The number of esters is 1. The van der Waals surface area contributed by atoms with Gasteiger partial charge in [0.2, 0.25) is 0 Å². The first-order chi connectivity index (χ1) is 10.5. The van der Waals surface area contributed by atoms with Gasteiger partial charge in [-0.1, -0.05) is 31.4 Å². The van der Waals surface area contributed by atoms with Gasteiger partial charge in [-0.05, 0) is 12.0 Å². The molecule has 0 saturated heterocycles. The van der Waals surface area contributed by atoms with Crippen LogP contribution < -0.4 is 5.32 Å². The number of alkyl halides is 6.